The second-order valence-corrected chi connectivity index (χ2v) is 7.12. The highest BCUT2D eigenvalue weighted by atomic mass is 35.5. The lowest BCUT2D eigenvalue weighted by Gasteiger charge is -2.14. The fourth-order valence-electron chi connectivity index (χ4n) is 2.60. The van der Waals surface area contributed by atoms with Crippen LogP contribution in [0.15, 0.2) is 29.4 Å². The zero-order chi connectivity index (χ0) is 14.9. The Morgan fingerprint density at radius 2 is 2.05 bits per heavy atom. The second-order valence-electron chi connectivity index (χ2n) is 5.08. The lowest BCUT2D eigenvalue weighted by molar-refractivity contribution is 0.344. The van der Waals surface area contributed by atoms with Crippen molar-refractivity contribution < 1.29 is 8.42 Å². The van der Waals surface area contributed by atoms with E-state index >= 15 is 0 Å². The minimum absolute atomic E-state index is 0.00110. The first kappa shape index (κ1) is 14.8. The molecule has 6 nitrogen and oxygen atoms in total. The molecule has 0 radical (unpaired) electrons. The largest absolute Gasteiger partial charge is 0.302 e. The van der Waals surface area contributed by atoms with Crippen LogP contribution in [-0.4, -0.2) is 48.9 Å². The molecule has 1 aliphatic heterocycles. The summed E-state index contributed by atoms with van der Waals surface area (Å²) in [5, 5.41) is -0.00365. The van der Waals surface area contributed by atoms with Gasteiger partial charge < -0.3 is 4.90 Å². The SMILES string of the molecule is O=S(=O)(NCCN1CCCC1)c1c(Cl)nc2ccccn12. The molecule has 2 aromatic rings. The molecular formula is C13H17ClN4O2S. The number of hydrogen-bond acceptors (Lipinski definition) is 4. The number of imidazole rings is 1. The second kappa shape index (κ2) is 5.92. The molecule has 21 heavy (non-hydrogen) atoms. The standard InChI is InChI=1S/C13H17ClN4O2S/c14-12-13(18-9-2-1-5-11(18)16-12)21(19,20)15-6-10-17-7-3-4-8-17/h1-2,5,9,15H,3-4,6-8,10H2. The molecule has 0 bridgehead atoms. The van der Waals surface area contributed by atoms with Crippen molar-refractivity contribution in [3.63, 3.8) is 0 Å². The molecule has 1 N–H and O–H groups in total. The van der Waals surface area contributed by atoms with Crippen LogP contribution in [0.25, 0.3) is 5.65 Å². The first-order valence-corrected chi connectivity index (χ1v) is 8.79. The number of aromatic nitrogens is 2. The molecule has 0 aromatic carbocycles. The summed E-state index contributed by atoms with van der Waals surface area (Å²) in [6, 6.07) is 5.25. The van der Waals surface area contributed by atoms with Crippen LogP contribution in [-0.2, 0) is 10.0 Å². The predicted molar refractivity (Wildman–Crippen MR) is 81.1 cm³/mol. The maximum Gasteiger partial charge on any atom is 0.259 e. The third kappa shape index (κ3) is 3.06. The average Bonchev–Trinajstić information content (AvgIpc) is 3.04. The average molecular weight is 329 g/mol. The molecule has 1 aliphatic rings. The van der Waals surface area contributed by atoms with E-state index in [1.807, 2.05) is 0 Å². The van der Waals surface area contributed by atoms with Crippen LogP contribution in [0.1, 0.15) is 12.8 Å². The number of halogens is 1. The highest BCUT2D eigenvalue weighted by molar-refractivity contribution is 7.89. The molecule has 0 saturated carbocycles. The van der Waals surface area contributed by atoms with Gasteiger partial charge in [0, 0.05) is 19.3 Å². The fraction of sp³-hybridized carbons (Fsp3) is 0.462. The van der Waals surface area contributed by atoms with Crippen molar-refractivity contribution in [2.45, 2.75) is 17.9 Å². The summed E-state index contributed by atoms with van der Waals surface area (Å²) < 4.78 is 28.9. The van der Waals surface area contributed by atoms with E-state index in [9.17, 15) is 8.42 Å². The summed E-state index contributed by atoms with van der Waals surface area (Å²) in [6.45, 7) is 3.17. The minimum atomic E-state index is -3.67. The normalized spacial score (nSPS) is 16.8. The van der Waals surface area contributed by atoms with Crippen molar-refractivity contribution in [3.05, 3.63) is 29.5 Å². The Morgan fingerprint density at radius 1 is 1.29 bits per heavy atom. The van der Waals surface area contributed by atoms with Gasteiger partial charge in [0.15, 0.2) is 10.2 Å². The maximum atomic E-state index is 12.4. The van der Waals surface area contributed by atoms with Crippen LogP contribution >= 0.6 is 11.6 Å². The van der Waals surface area contributed by atoms with Gasteiger partial charge in [0.25, 0.3) is 10.0 Å². The van der Waals surface area contributed by atoms with Gasteiger partial charge in [0.05, 0.1) is 0 Å². The van der Waals surface area contributed by atoms with Crippen LogP contribution in [0.2, 0.25) is 5.15 Å². The number of hydrogen-bond donors (Lipinski definition) is 1. The van der Waals surface area contributed by atoms with E-state index in [0.29, 0.717) is 18.7 Å². The first-order chi connectivity index (χ1) is 10.1. The van der Waals surface area contributed by atoms with Crippen LogP contribution in [0.3, 0.4) is 0 Å². The predicted octanol–water partition coefficient (Wildman–Crippen LogP) is 1.36. The molecule has 3 heterocycles. The van der Waals surface area contributed by atoms with Crippen molar-refractivity contribution in [2.24, 2.45) is 0 Å². The molecule has 0 amide bonds. The Hall–Kier alpha value is -1.15. The van der Waals surface area contributed by atoms with E-state index < -0.39 is 10.0 Å². The quantitative estimate of drug-likeness (QED) is 0.900. The van der Waals surface area contributed by atoms with E-state index in [1.54, 1.807) is 24.4 Å². The topological polar surface area (TPSA) is 66.7 Å². The van der Waals surface area contributed by atoms with Crippen molar-refractivity contribution >= 4 is 27.3 Å². The number of pyridine rings is 1. The molecule has 0 spiro atoms. The molecule has 1 fully saturated rings. The molecule has 3 rings (SSSR count). The molecule has 0 aliphatic carbocycles. The molecule has 0 atom stereocenters. The Morgan fingerprint density at radius 3 is 2.81 bits per heavy atom. The fourth-order valence-corrected chi connectivity index (χ4v) is 4.26. The van der Waals surface area contributed by atoms with Crippen LogP contribution < -0.4 is 4.72 Å². The Labute approximate surface area is 128 Å². The van der Waals surface area contributed by atoms with Crippen molar-refractivity contribution in [3.8, 4) is 0 Å². The van der Waals surface area contributed by atoms with Gasteiger partial charge in [-0.25, -0.2) is 18.1 Å². The Balaban J connectivity index is 1.78. The summed E-state index contributed by atoms with van der Waals surface area (Å²) in [5.74, 6) is 0. The minimum Gasteiger partial charge on any atom is -0.302 e. The number of nitrogens with zero attached hydrogens (tertiary/aromatic N) is 3. The Kier molecular flexibility index (Phi) is 4.17. The van der Waals surface area contributed by atoms with Gasteiger partial charge in [0.1, 0.15) is 5.65 Å². The molecular weight excluding hydrogens is 312 g/mol. The van der Waals surface area contributed by atoms with Gasteiger partial charge in [-0.3, -0.25) is 4.40 Å². The highest BCUT2D eigenvalue weighted by Gasteiger charge is 2.24. The van der Waals surface area contributed by atoms with Crippen molar-refractivity contribution in [2.75, 3.05) is 26.2 Å². The summed E-state index contributed by atoms with van der Waals surface area (Å²) >= 11 is 6.00. The van der Waals surface area contributed by atoms with Gasteiger partial charge in [-0.05, 0) is 38.1 Å². The van der Waals surface area contributed by atoms with Crippen molar-refractivity contribution in [1.29, 1.82) is 0 Å². The van der Waals surface area contributed by atoms with Gasteiger partial charge in [-0.1, -0.05) is 17.7 Å². The summed E-state index contributed by atoms with van der Waals surface area (Å²) in [6.07, 6.45) is 4.01. The van der Waals surface area contributed by atoms with Crippen LogP contribution in [0.4, 0.5) is 0 Å². The van der Waals surface area contributed by atoms with E-state index in [1.165, 1.54) is 17.2 Å². The molecule has 114 valence electrons. The van der Waals surface area contributed by atoms with E-state index in [4.69, 9.17) is 11.6 Å². The van der Waals surface area contributed by atoms with Crippen LogP contribution in [0, 0.1) is 0 Å². The Bertz CT molecular complexity index is 738. The number of rotatable bonds is 5. The lowest BCUT2D eigenvalue weighted by Crippen LogP contribution is -2.34. The summed E-state index contributed by atoms with van der Waals surface area (Å²) in [7, 11) is -3.67. The zero-order valence-electron chi connectivity index (χ0n) is 11.5. The van der Waals surface area contributed by atoms with Gasteiger partial charge >= 0.3 is 0 Å². The molecule has 1 saturated heterocycles. The summed E-state index contributed by atoms with van der Waals surface area (Å²) in [4.78, 5) is 6.31. The zero-order valence-corrected chi connectivity index (χ0v) is 13.1. The van der Waals surface area contributed by atoms with Gasteiger partial charge in [-0.2, -0.15) is 0 Å². The van der Waals surface area contributed by atoms with Gasteiger partial charge in [-0.15, -0.1) is 0 Å². The maximum absolute atomic E-state index is 12.4. The van der Waals surface area contributed by atoms with Gasteiger partial charge in [0.2, 0.25) is 0 Å². The number of nitrogens with one attached hydrogen (secondary N) is 1. The monoisotopic (exact) mass is 328 g/mol. The van der Waals surface area contributed by atoms with E-state index in [0.717, 1.165) is 13.1 Å². The third-order valence-electron chi connectivity index (χ3n) is 3.62. The third-order valence-corrected chi connectivity index (χ3v) is 5.48. The summed E-state index contributed by atoms with van der Waals surface area (Å²) in [5.41, 5.74) is 0.516. The van der Waals surface area contributed by atoms with Crippen molar-refractivity contribution in [1.82, 2.24) is 19.0 Å². The molecule has 2 aromatic heterocycles. The number of sulfonamides is 1. The van der Waals surface area contributed by atoms with E-state index in [2.05, 4.69) is 14.6 Å². The molecule has 0 unspecified atom stereocenters. The lowest BCUT2D eigenvalue weighted by atomic mass is 10.4. The van der Waals surface area contributed by atoms with E-state index in [-0.39, 0.29) is 10.2 Å². The smallest absolute Gasteiger partial charge is 0.259 e. The number of likely N-dealkylation sites (tertiary alicyclic amines) is 1. The first-order valence-electron chi connectivity index (χ1n) is 6.92. The highest BCUT2D eigenvalue weighted by Crippen LogP contribution is 2.22. The van der Waals surface area contributed by atoms with Crippen LogP contribution in [0.5, 0.6) is 0 Å². The number of fused-ring (bicyclic) bond motifs is 1. The molecule has 8 heteroatoms.